The van der Waals surface area contributed by atoms with Gasteiger partial charge in [0.15, 0.2) is 0 Å². The molecule has 0 spiro atoms. The van der Waals surface area contributed by atoms with Gasteiger partial charge >= 0.3 is 0 Å². The molecule has 106 valence electrons. The Morgan fingerprint density at radius 1 is 0.947 bits per heavy atom. The van der Waals surface area contributed by atoms with E-state index in [1.54, 1.807) is 0 Å². The van der Waals surface area contributed by atoms with Crippen LogP contribution < -0.4 is 4.43 Å². The SMILES string of the molecule is C=Cc1ccccc1O[Si](C(C)C)(C(C)C)C(C)C. The van der Waals surface area contributed by atoms with Crippen LogP contribution in [0.25, 0.3) is 6.08 Å². The molecule has 1 nitrogen and oxygen atoms in total. The summed E-state index contributed by atoms with van der Waals surface area (Å²) < 4.78 is 6.68. The molecule has 0 fully saturated rings. The molecule has 0 heterocycles. The zero-order valence-corrected chi connectivity index (χ0v) is 14.2. The summed E-state index contributed by atoms with van der Waals surface area (Å²) in [5.41, 5.74) is 2.86. The number of hydrogen-bond acceptors (Lipinski definition) is 1. The average molecular weight is 276 g/mol. The van der Waals surface area contributed by atoms with Crippen molar-refractivity contribution in [3.8, 4) is 5.75 Å². The van der Waals surface area contributed by atoms with Crippen LogP contribution >= 0.6 is 0 Å². The van der Waals surface area contributed by atoms with Crippen molar-refractivity contribution in [1.29, 1.82) is 0 Å². The minimum absolute atomic E-state index is 0.588. The van der Waals surface area contributed by atoms with Crippen molar-refractivity contribution >= 4 is 14.4 Å². The molecule has 0 amide bonds. The Balaban J connectivity index is 3.24. The summed E-state index contributed by atoms with van der Waals surface area (Å²) in [4.78, 5) is 0. The monoisotopic (exact) mass is 276 g/mol. The van der Waals surface area contributed by atoms with E-state index in [1.165, 1.54) is 0 Å². The maximum atomic E-state index is 6.68. The lowest BCUT2D eigenvalue weighted by molar-refractivity contribution is 0.479. The summed E-state index contributed by atoms with van der Waals surface area (Å²) in [5, 5.41) is 0. The Kier molecular flexibility index (Phi) is 5.42. The minimum Gasteiger partial charge on any atom is -0.542 e. The summed E-state index contributed by atoms with van der Waals surface area (Å²) in [6.07, 6.45) is 1.88. The number of rotatable bonds is 6. The summed E-state index contributed by atoms with van der Waals surface area (Å²) in [5.74, 6) is 1.00. The predicted molar refractivity (Wildman–Crippen MR) is 88.2 cm³/mol. The summed E-state index contributed by atoms with van der Waals surface area (Å²) >= 11 is 0. The molecule has 0 saturated carbocycles. The van der Waals surface area contributed by atoms with E-state index in [0.29, 0.717) is 16.6 Å². The predicted octanol–water partition coefficient (Wildman–Crippen LogP) is 5.88. The van der Waals surface area contributed by atoms with Crippen molar-refractivity contribution in [3.05, 3.63) is 36.4 Å². The van der Waals surface area contributed by atoms with Crippen molar-refractivity contribution in [2.45, 2.75) is 58.2 Å². The van der Waals surface area contributed by atoms with E-state index in [9.17, 15) is 0 Å². The van der Waals surface area contributed by atoms with Crippen LogP contribution in [-0.2, 0) is 0 Å². The molecule has 0 radical (unpaired) electrons. The molecule has 1 aromatic rings. The van der Waals surface area contributed by atoms with Crippen LogP contribution in [0.3, 0.4) is 0 Å². The smallest absolute Gasteiger partial charge is 0.258 e. The Labute approximate surface area is 119 Å². The van der Waals surface area contributed by atoms with Crippen molar-refractivity contribution in [2.24, 2.45) is 0 Å². The van der Waals surface area contributed by atoms with Crippen LogP contribution in [0.1, 0.15) is 47.1 Å². The van der Waals surface area contributed by atoms with Gasteiger partial charge in [0, 0.05) is 5.56 Å². The fraction of sp³-hybridized carbons (Fsp3) is 0.529. The first-order valence-electron chi connectivity index (χ1n) is 7.26. The van der Waals surface area contributed by atoms with Gasteiger partial charge in [-0.25, -0.2) is 0 Å². The molecule has 1 rings (SSSR count). The van der Waals surface area contributed by atoms with E-state index < -0.39 is 8.32 Å². The van der Waals surface area contributed by atoms with Gasteiger partial charge in [-0.15, -0.1) is 0 Å². The first-order chi connectivity index (χ1) is 8.86. The molecule has 2 heteroatoms. The highest BCUT2D eigenvalue weighted by Gasteiger charge is 2.47. The normalized spacial score (nSPS) is 12.3. The lowest BCUT2D eigenvalue weighted by Crippen LogP contribution is -2.50. The highest BCUT2D eigenvalue weighted by atomic mass is 28.4. The first kappa shape index (κ1) is 16.0. The molecule has 0 aliphatic rings. The largest absolute Gasteiger partial charge is 0.542 e. The molecule has 0 saturated heterocycles. The van der Waals surface area contributed by atoms with E-state index in [-0.39, 0.29) is 0 Å². The summed E-state index contributed by atoms with van der Waals surface area (Å²) in [7, 11) is -1.86. The zero-order valence-electron chi connectivity index (χ0n) is 13.2. The van der Waals surface area contributed by atoms with Gasteiger partial charge in [-0.1, -0.05) is 72.4 Å². The highest BCUT2D eigenvalue weighted by Crippen LogP contribution is 2.43. The first-order valence-corrected chi connectivity index (χ1v) is 9.40. The summed E-state index contributed by atoms with van der Waals surface area (Å²) in [6, 6.07) is 8.23. The lowest BCUT2D eigenvalue weighted by Gasteiger charge is -2.42. The quantitative estimate of drug-likeness (QED) is 0.589. The van der Waals surface area contributed by atoms with Crippen LogP contribution in [0.15, 0.2) is 30.8 Å². The number of hydrogen-bond donors (Lipinski definition) is 0. The van der Waals surface area contributed by atoms with Gasteiger partial charge in [0.1, 0.15) is 5.75 Å². The van der Waals surface area contributed by atoms with Gasteiger partial charge in [0.05, 0.1) is 0 Å². The molecule has 0 unspecified atom stereocenters. The molecular formula is C17H28OSi. The molecular weight excluding hydrogens is 248 g/mol. The third kappa shape index (κ3) is 3.11. The second-order valence-electron chi connectivity index (χ2n) is 6.16. The summed E-state index contributed by atoms with van der Waals surface area (Å²) in [6.45, 7) is 17.7. The van der Waals surface area contributed by atoms with Crippen LogP contribution in [0.5, 0.6) is 5.75 Å². The molecule has 0 bridgehead atoms. The Hall–Kier alpha value is -1.02. The van der Waals surface area contributed by atoms with E-state index in [4.69, 9.17) is 4.43 Å². The van der Waals surface area contributed by atoms with E-state index in [0.717, 1.165) is 11.3 Å². The Morgan fingerprint density at radius 2 is 1.42 bits per heavy atom. The molecule has 0 aromatic heterocycles. The van der Waals surface area contributed by atoms with E-state index in [2.05, 4.69) is 60.3 Å². The van der Waals surface area contributed by atoms with Gasteiger partial charge in [0.2, 0.25) is 0 Å². The minimum atomic E-state index is -1.86. The maximum absolute atomic E-state index is 6.68. The van der Waals surface area contributed by atoms with Crippen LogP contribution in [0.4, 0.5) is 0 Å². The fourth-order valence-corrected chi connectivity index (χ4v) is 8.56. The second-order valence-corrected chi connectivity index (χ2v) is 11.5. The fourth-order valence-electron chi connectivity index (χ4n) is 3.29. The third-order valence-corrected chi connectivity index (χ3v) is 10.1. The molecule has 0 aliphatic heterocycles. The Bertz CT molecular complexity index is 399. The standard InChI is InChI=1S/C17H28OSi/c1-8-16-11-9-10-12-17(16)18-19(13(2)3,14(4)5)15(6)7/h8-15H,1H2,2-7H3. The molecule has 0 aliphatic carbocycles. The number of para-hydroxylation sites is 1. The zero-order chi connectivity index (χ0) is 14.6. The molecule has 19 heavy (non-hydrogen) atoms. The molecule has 0 N–H and O–H groups in total. The van der Waals surface area contributed by atoms with E-state index >= 15 is 0 Å². The van der Waals surface area contributed by atoms with Gasteiger partial charge in [-0.2, -0.15) is 0 Å². The topological polar surface area (TPSA) is 9.23 Å². The van der Waals surface area contributed by atoms with Crippen molar-refractivity contribution in [1.82, 2.24) is 0 Å². The van der Waals surface area contributed by atoms with Crippen LogP contribution in [0, 0.1) is 0 Å². The van der Waals surface area contributed by atoms with Gasteiger partial charge in [-0.05, 0) is 22.7 Å². The lowest BCUT2D eigenvalue weighted by atomic mass is 10.2. The molecule has 0 atom stereocenters. The van der Waals surface area contributed by atoms with Gasteiger partial charge in [0.25, 0.3) is 8.32 Å². The van der Waals surface area contributed by atoms with E-state index in [1.807, 2.05) is 18.2 Å². The van der Waals surface area contributed by atoms with Crippen molar-refractivity contribution < 1.29 is 4.43 Å². The average Bonchev–Trinajstić information content (AvgIpc) is 2.34. The Morgan fingerprint density at radius 3 is 1.84 bits per heavy atom. The maximum Gasteiger partial charge on any atom is 0.258 e. The number of benzene rings is 1. The highest BCUT2D eigenvalue weighted by molar-refractivity contribution is 6.78. The van der Waals surface area contributed by atoms with Crippen molar-refractivity contribution in [3.63, 3.8) is 0 Å². The van der Waals surface area contributed by atoms with Crippen LogP contribution in [-0.4, -0.2) is 8.32 Å². The van der Waals surface area contributed by atoms with Gasteiger partial charge < -0.3 is 4.43 Å². The second kappa shape index (κ2) is 6.42. The molecule has 1 aromatic carbocycles. The van der Waals surface area contributed by atoms with Crippen LogP contribution in [0.2, 0.25) is 16.6 Å². The van der Waals surface area contributed by atoms with Crippen molar-refractivity contribution in [2.75, 3.05) is 0 Å². The third-order valence-electron chi connectivity index (χ3n) is 4.13. The van der Waals surface area contributed by atoms with Gasteiger partial charge in [-0.3, -0.25) is 0 Å².